The van der Waals surface area contributed by atoms with Crippen molar-refractivity contribution in [3.8, 4) is 5.75 Å². The summed E-state index contributed by atoms with van der Waals surface area (Å²) in [4.78, 5) is 13.9. The molecule has 1 aliphatic heterocycles. The SMILES string of the molecule is COc1ccc(S(=O)(=O)Nc2ccc(N3CCCCCCC3)c(C(=O)O)c2)cc1Cl. The van der Waals surface area contributed by atoms with E-state index >= 15 is 0 Å². The molecule has 0 radical (unpaired) electrons. The van der Waals surface area contributed by atoms with E-state index in [2.05, 4.69) is 9.62 Å². The molecule has 0 amide bonds. The molecule has 0 aromatic heterocycles. The number of nitrogens with one attached hydrogen (secondary N) is 1. The second-order valence-electron chi connectivity index (χ2n) is 7.19. The van der Waals surface area contributed by atoms with Gasteiger partial charge in [0.1, 0.15) is 5.75 Å². The Kier molecular flexibility index (Phi) is 7.10. The van der Waals surface area contributed by atoms with Crippen LogP contribution in [0.5, 0.6) is 5.75 Å². The van der Waals surface area contributed by atoms with Crippen LogP contribution in [-0.4, -0.2) is 39.7 Å². The number of rotatable bonds is 6. The zero-order valence-corrected chi connectivity index (χ0v) is 18.3. The predicted octanol–water partition coefficient (Wildman–Crippen LogP) is 4.62. The number of hydrogen-bond donors (Lipinski definition) is 2. The summed E-state index contributed by atoms with van der Waals surface area (Å²) < 4.78 is 33.0. The van der Waals surface area contributed by atoms with Crippen LogP contribution < -0.4 is 14.4 Å². The van der Waals surface area contributed by atoms with E-state index < -0.39 is 16.0 Å². The Morgan fingerprint density at radius 3 is 2.33 bits per heavy atom. The molecule has 0 spiro atoms. The molecule has 2 N–H and O–H groups in total. The van der Waals surface area contributed by atoms with E-state index in [1.165, 1.54) is 37.8 Å². The van der Waals surface area contributed by atoms with E-state index in [1.54, 1.807) is 12.1 Å². The lowest BCUT2D eigenvalue weighted by molar-refractivity contribution is 0.0697. The van der Waals surface area contributed by atoms with Gasteiger partial charge in [-0.2, -0.15) is 0 Å². The van der Waals surface area contributed by atoms with E-state index in [9.17, 15) is 18.3 Å². The summed E-state index contributed by atoms with van der Waals surface area (Å²) in [6, 6.07) is 8.74. The van der Waals surface area contributed by atoms with Crippen LogP contribution in [0.4, 0.5) is 11.4 Å². The topological polar surface area (TPSA) is 95.9 Å². The number of anilines is 2. The average Bonchev–Trinajstić information content (AvgIpc) is 2.67. The number of methoxy groups -OCH3 is 1. The maximum atomic E-state index is 12.7. The molecule has 2 aromatic carbocycles. The number of carboxylic acid groups (broad SMARTS) is 1. The number of nitrogens with zero attached hydrogens (tertiary/aromatic N) is 1. The standard InChI is InChI=1S/C21H25ClN2O5S/c1-29-20-10-8-16(14-18(20)22)30(27,28)23-15-7-9-19(17(13-15)21(25)26)24-11-5-3-2-4-6-12-24/h7-10,13-14,23H,2-6,11-12H2,1H3,(H,25,26). The van der Waals surface area contributed by atoms with Crippen LogP contribution >= 0.6 is 11.6 Å². The normalized spacial score (nSPS) is 15.2. The van der Waals surface area contributed by atoms with Gasteiger partial charge in [-0.05, 0) is 49.2 Å². The third-order valence-corrected chi connectivity index (χ3v) is 6.78. The molecule has 1 aliphatic rings. The Hall–Kier alpha value is -2.45. The Morgan fingerprint density at radius 2 is 1.73 bits per heavy atom. The number of carbonyl (C=O) groups is 1. The highest BCUT2D eigenvalue weighted by Crippen LogP contribution is 2.30. The minimum Gasteiger partial charge on any atom is -0.495 e. The van der Waals surface area contributed by atoms with Crippen LogP contribution in [0.25, 0.3) is 0 Å². The first-order chi connectivity index (χ1) is 14.3. The van der Waals surface area contributed by atoms with Crippen LogP contribution in [0.1, 0.15) is 42.5 Å². The van der Waals surface area contributed by atoms with Gasteiger partial charge in [0.2, 0.25) is 0 Å². The van der Waals surface area contributed by atoms with Crippen molar-refractivity contribution < 1.29 is 23.1 Å². The molecule has 3 rings (SSSR count). The maximum Gasteiger partial charge on any atom is 0.337 e. The van der Waals surface area contributed by atoms with Crippen LogP contribution in [0.3, 0.4) is 0 Å². The number of sulfonamides is 1. The molecule has 162 valence electrons. The van der Waals surface area contributed by atoms with Crippen LogP contribution in [0.15, 0.2) is 41.3 Å². The van der Waals surface area contributed by atoms with Crippen molar-refractivity contribution >= 4 is 39.0 Å². The van der Waals surface area contributed by atoms with E-state index in [4.69, 9.17) is 16.3 Å². The molecule has 9 heteroatoms. The first-order valence-corrected chi connectivity index (χ1v) is 11.7. The number of ether oxygens (including phenoxy) is 1. The third kappa shape index (κ3) is 5.17. The molecule has 1 heterocycles. The van der Waals surface area contributed by atoms with Crippen LogP contribution in [-0.2, 0) is 10.0 Å². The van der Waals surface area contributed by atoms with Crippen molar-refractivity contribution in [1.82, 2.24) is 0 Å². The summed E-state index contributed by atoms with van der Waals surface area (Å²) in [5, 5.41) is 9.89. The molecule has 1 saturated heterocycles. The van der Waals surface area contributed by atoms with Gasteiger partial charge in [-0.25, -0.2) is 13.2 Å². The lowest BCUT2D eigenvalue weighted by atomic mass is 10.1. The fraction of sp³-hybridized carbons (Fsp3) is 0.381. The molecular weight excluding hydrogens is 428 g/mol. The van der Waals surface area contributed by atoms with Crippen LogP contribution in [0, 0.1) is 0 Å². The molecule has 0 atom stereocenters. The zero-order chi connectivity index (χ0) is 21.7. The first-order valence-electron chi connectivity index (χ1n) is 9.80. The summed E-state index contributed by atoms with van der Waals surface area (Å²) in [6.07, 6.45) is 5.47. The largest absolute Gasteiger partial charge is 0.495 e. The molecule has 0 unspecified atom stereocenters. The summed E-state index contributed by atoms with van der Waals surface area (Å²) in [7, 11) is -2.51. The van der Waals surface area contributed by atoms with Crippen molar-refractivity contribution in [1.29, 1.82) is 0 Å². The molecule has 0 aliphatic carbocycles. The number of hydrogen-bond acceptors (Lipinski definition) is 5. The summed E-state index contributed by atoms with van der Waals surface area (Å²) >= 11 is 6.04. The Labute approximate surface area is 181 Å². The molecule has 7 nitrogen and oxygen atoms in total. The van der Waals surface area contributed by atoms with Crippen molar-refractivity contribution in [2.24, 2.45) is 0 Å². The molecule has 0 saturated carbocycles. The van der Waals surface area contributed by atoms with Gasteiger partial charge in [0.15, 0.2) is 0 Å². The molecule has 1 fully saturated rings. The Bertz CT molecular complexity index is 1020. The van der Waals surface area contributed by atoms with E-state index in [0.717, 1.165) is 38.8 Å². The average molecular weight is 453 g/mol. The quantitative estimate of drug-likeness (QED) is 0.664. The van der Waals surface area contributed by atoms with Gasteiger partial charge >= 0.3 is 5.97 Å². The van der Waals surface area contributed by atoms with Crippen molar-refractivity contribution in [3.63, 3.8) is 0 Å². The highest BCUT2D eigenvalue weighted by molar-refractivity contribution is 7.92. The van der Waals surface area contributed by atoms with Crippen molar-refractivity contribution in [3.05, 3.63) is 47.0 Å². The molecule has 0 bridgehead atoms. The predicted molar refractivity (Wildman–Crippen MR) is 118 cm³/mol. The number of aromatic carboxylic acids is 1. The third-order valence-electron chi connectivity index (χ3n) is 5.11. The maximum absolute atomic E-state index is 12.7. The summed E-state index contributed by atoms with van der Waals surface area (Å²) in [6.45, 7) is 1.57. The summed E-state index contributed by atoms with van der Waals surface area (Å²) in [5.74, 6) is -0.734. The monoisotopic (exact) mass is 452 g/mol. The highest BCUT2D eigenvalue weighted by Gasteiger charge is 2.21. The minimum absolute atomic E-state index is 0.0435. The van der Waals surface area contributed by atoms with Gasteiger partial charge < -0.3 is 14.7 Å². The zero-order valence-electron chi connectivity index (χ0n) is 16.7. The second kappa shape index (κ2) is 9.57. The smallest absolute Gasteiger partial charge is 0.337 e. The highest BCUT2D eigenvalue weighted by atomic mass is 35.5. The van der Waals surface area contributed by atoms with E-state index in [0.29, 0.717) is 11.4 Å². The van der Waals surface area contributed by atoms with Gasteiger partial charge in [-0.3, -0.25) is 4.72 Å². The number of benzene rings is 2. The fourth-order valence-electron chi connectivity index (χ4n) is 3.56. The van der Waals surface area contributed by atoms with Crippen molar-refractivity contribution in [2.75, 3.05) is 29.8 Å². The lowest BCUT2D eigenvalue weighted by Gasteiger charge is -2.28. The number of carboxylic acids is 1. The Morgan fingerprint density at radius 1 is 1.07 bits per heavy atom. The molecule has 30 heavy (non-hydrogen) atoms. The van der Waals surface area contributed by atoms with Gasteiger partial charge in [0.05, 0.1) is 28.3 Å². The molecule has 2 aromatic rings. The summed E-state index contributed by atoms with van der Waals surface area (Å²) in [5.41, 5.74) is 0.860. The van der Waals surface area contributed by atoms with Crippen molar-refractivity contribution in [2.45, 2.75) is 37.0 Å². The van der Waals surface area contributed by atoms with Gasteiger partial charge in [0, 0.05) is 18.8 Å². The Balaban J connectivity index is 1.88. The van der Waals surface area contributed by atoms with Crippen LogP contribution in [0.2, 0.25) is 5.02 Å². The fourth-order valence-corrected chi connectivity index (χ4v) is 4.96. The first kappa shape index (κ1) is 22.2. The van der Waals surface area contributed by atoms with Gasteiger partial charge in [0.25, 0.3) is 10.0 Å². The number of halogens is 1. The second-order valence-corrected chi connectivity index (χ2v) is 9.28. The van der Waals surface area contributed by atoms with E-state index in [1.807, 2.05) is 0 Å². The molecular formula is C21H25ClN2O5S. The van der Waals surface area contributed by atoms with Gasteiger partial charge in [-0.1, -0.05) is 30.9 Å². The lowest BCUT2D eigenvalue weighted by Crippen LogP contribution is -2.28. The van der Waals surface area contributed by atoms with E-state index in [-0.39, 0.29) is 21.2 Å². The minimum atomic E-state index is -3.95. The van der Waals surface area contributed by atoms with Gasteiger partial charge in [-0.15, -0.1) is 0 Å².